The van der Waals surface area contributed by atoms with E-state index in [2.05, 4.69) is 29.6 Å². The van der Waals surface area contributed by atoms with Gasteiger partial charge in [0.05, 0.1) is 7.11 Å². The summed E-state index contributed by atoms with van der Waals surface area (Å²) in [4.78, 5) is 0. The molecule has 0 saturated heterocycles. The fraction of sp³-hybridized carbons (Fsp3) is 0.0909. The number of hydrogen-bond donors (Lipinski definition) is 0. The van der Waals surface area contributed by atoms with Gasteiger partial charge in [-0.15, -0.1) is 0 Å². The Morgan fingerprint density at radius 2 is 2.00 bits per heavy atom. The van der Waals surface area contributed by atoms with E-state index >= 15 is 0 Å². The number of ether oxygens (including phenoxy) is 1. The fourth-order valence-electron chi connectivity index (χ4n) is 1.10. The predicted molar refractivity (Wildman–Crippen MR) is 54.7 cm³/mol. The summed E-state index contributed by atoms with van der Waals surface area (Å²) < 4.78 is 8.16. The molecule has 1 nitrogen and oxygen atoms in total. The van der Waals surface area contributed by atoms with Gasteiger partial charge in [-0.2, -0.15) is 0 Å². The van der Waals surface area contributed by atoms with Gasteiger partial charge < -0.3 is 4.74 Å². The van der Waals surface area contributed by atoms with Gasteiger partial charge in [0.25, 0.3) is 0 Å². The second-order valence-corrected chi connectivity index (χ2v) is 7.19. The standard InChI is InChI=1S/C11H10IOS/c1-13-10-6-3-2-5-9(10)12-11-7-4-8-14-11/h2-8H,1H3/q+1. The molecule has 0 bridgehead atoms. The molecule has 1 heterocycles. The van der Waals surface area contributed by atoms with E-state index in [1.807, 2.05) is 23.5 Å². The summed E-state index contributed by atoms with van der Waals surface area (Å²) in [5, 5.41) is 2.13. The Hall–Kier alpha value is -0.550. The smallest absolute Gasteiger partial charge is 0.373 e. The van der Waals surface area contributed by atoms with Gasteiger partial charge in [-0.1, -0.05) is 23.5 Å². The molecule has 0 aliphatic rings. The highest BCUT2D eigenvalue weighted by Gasteiger charge is 2.20. The second kappa shape index (κ2) is 4.79. The number of methoxy groups -OCH3 is 1. The molecule has 3 heteroatoms. The minimum absolute atomic E-state index is 0.0683. The zero-order valence-corrected chi connectivity index (χ0v) is 10.7. The first-order chi connectivity index (χ1) is 6.90. The molecule has 0 aliphatic heterocycles. The maximum absolute atomic E-state index is 5.33. The SMILES string of the molecule is COc1ccccc1[I+]c1cccs1. The van der Waals surface area contributed by atoms with Crippen molar-refractivity contribution in [2.45, 2.75) is 0 Å². The number of rotatable bonds is 3. The summed E-state index contributed by atoms with van der Waals surface area (Å²) in [6.45, 7) is 0. The van der Waals surface area contributed by atoms with E-state index in [-0.39, 0.29) is 21.2 Å². The lowest BCUT2D eigenvalue weighted by molar-refractivity contribution is -0.592. The van der Waals surface area contributed by atoms with Gasteiger partial charge in [0.1, 0.15) is 0 Å². The normalized spacial score (nSPS) is 10.1. The lowest BCUT2D eigenvalue weighted by Gasteiger charge is -1.96. The van der Waals surface area contributed by atoms with Crippen molar-refractivity contribution in [3.63, 3.8) is 0 Å². The van der Waals surface area contributed by atoms with Gasteiger partial charge >= 0.3 is 21.2 Å². The summed E-state index contributed by atoms with van der Waals surface area (Å²) in [6, 6.07) is 12.6. The first-order valence-corrected chi connectivity index (χ1v) is 7.25. The molecule has 2 aromatic rings. The molecule has 0 radical (unpaired) electrons. The third-order valence-corrected chi connectivity index (χ3v) is 6.04. The van der Waals surface area contributed by atoms with Crippen LogP contribution in [0.2, 0.25) is 0 Å². The molecule has 0 spiro atoms. The molecule has 0 N–H and O–H groups in total. The predicted octanol–water partition coefficient (Wildman–Crippen LogP) is -0.115. The van der Waals surface area contributed by atoms with Crippen molar-refractivity contribution in [1.82, 2.24) is 0 Å². The number of para-hydroxylation sites is 1. The quantitative estimate of drug-likeness (QED) is 0.718. The molecule has 2 rings (SSSR count). The maximum Gasteiger partial charge on any atom is 0.373 e. The van der Waals surface area contributed by atoms with Gasteiger partial charge in [0.15, 0.2) is 5.75 Å². The fourth-order valence-corrected chi connectivity index (χ4v) is 4.98. The minimum Gasteiger partial charge on any atom is -0.492 e. The van der Waals surface area contributed by atoms with Crippen LogP contribution in [0.1, 0.15) is 0 Å². The van der Waals surface area contributed by atoms with E-state index in [0.29, 0.717) is 0 Å². The van der Waals surface area contributed by atoms with Crippen LogP contribution in [-0.2, 0) is 0 Å². The van der Waals surface area contributed by atoms with Crippen molar-refractivity contribution < 1.29 is 25.9 Å². The second-order valence-electron chi connectivity index (χ2n) is 2.65. The third-order valence-electron chi connectivity index (χ3n) is 1.74. The van der Waals surface area contributed by atoms with Crippen LogP contribution < -0.4 is 25.9 Å². The summed E-state index contributed by atoms with van der Waals surface area (Å²) in [5.74, 6) is 1.02. The maximum atomic E-state index is 5.33. The van der Waals surface area contributed by atoms with E-state index in [0.717, 1.165) is 5.75 Å². The Morgan fingerprint density at radius 3 is 2.71 bits per heavy atom. The van der Waals surface area contributed by atoms with E-state index in [1.54, 1.807) is 7.11 Å². The molecule has 0 fully saturated rings. The Labute approximate surface area is 98.0 Å². The molecule has 0 unspecified atom stereocenters. The molecule has 0 amide bonds. The van der Waals surface area contributed by atoms with Crippen LogP contribution in [0.5, 0.6) is 5.75 Å². The summed E-state index contributed by atoms with van der Waals surface area (Å²) >= 11 is 1.76. The molecule has 0 aliphatic carbocycles. The number of thiophene rings is 1. The number of halogens is 1. The number of benzene rings is 1. The first kappa shape index (κ1) is 9.98. The largest absolute Gasteiger partial charge is 0.492 e. The van der Waals surface area contributed by atoms with Gasteiger partial charge in [-0.05, 0) is 23.6 Å². The van der Waals surface area contributed by atoms with E-state index in [1.165, 1.54) is 6.45 Å². The molecule has 1 aromatic carbocycles. The Balaban J connectivity index is 2.24. The highest BCUT2D eigenvalue weighted by molar-refractivity contribution is 7.07. The Morgan fingerprint density at radius 1 is 1.14 bits per heavy atom. The van der Waals surface area contributed by atoms with Crippen molar-refractivity contribution in [3.05, 3.63) is 48.2 Å². The summed E-state index contributed by atoms with van der Waals surface area (Å²) in [7, 11) is 1.73. The molecular formula is C11H10IOS+. The summed E-state index contributed by atoms with van der Waals surface area (Å²) in [6.07, 6.45) is 0. The molecular weight excluding hydrogens is 307 g/mol. The highest BCUT2D eigenvalue weighted by Crippen LogP contribution is 2.07. The first-order valence-electron chi connectivity index (χ1n) is 4.21. The third kappa shape index (κ3) is 2.27. The molecule has 0 saturated carbocycles. The van der Waals surface area contributed by atoms with Gasteiger partial charge in [-0.25, -0.2) is 0 Å². The Kier molecular flexibility index (Phi) is 3.42. The van der Waals surface area contributed by atoms with E-state index < -0.39 is 0 Å². The van der Waals surface area contributed by atoms with Gasteiger partial charge in [0.2, 0.25) is 6.45 Å². The van der Waals surface area contributed by atoms with Crippen molar-refractivity contribution in [2.24, 2.45) is 0 Å². The van der Waals surface area contributed by atoms with Gasteiger partial charge in [0, 0.05) is 6.07 Å². The minimum atomic E-state index is -0.0683. The Bertz CT molecular complexity index is 397. The lowest BCUT2D eigenvalue weighted by atomic mass is 10.3. The van der Waals surface area contributed by atoms with Crippen LogP contribution in [0, 0.1) is 6.45 Å². The van der Waals surface area contributed by atoms with Crippen molar-refractivity contribution in [2.75, 3.05) is 7.11 Å². The van der Waals surface area contributed by atoms with Crippen LogP contribution in [0.25, 0.3) is 0 Å². The molecule has 0 atom stereocenters. The number of hydrogen-bond acceptors (Lipinski definition) is 2. The zero-order chi connectivity index (χ0) is 9.80. The van der Waals surface area contributed by atoms with Crippen molar-refractivity contribution >= 4 is 11.3 Å². The van der Waals surface area contributed by atoms with Crippen LogP contribution in [0.3, 0.4) is 0 Å². The molecule has 14 heavy (non-hydrogen) atoms. The van der Waals surface area contributed by atoms with Crippen LogP contribution in [0.15, 0.2) is 41.8 Å². The lowest BCUT2D eigenvalue weighted by Crippen LogP contribution is -3.61. The van der Waals surface area contributed by atoms with Crippen molar-refractivity contribution in [1.29, 1.82) is 0 Å². The monoisotopic (exact) mass is 317 g/mol. The van der Waals surface area contributed by atoms with Gasteiger partial charge in [-0.3, -0.25) is 0 Å². The van der Waals surface area contributed by atoms with Crippen LogP contribution in [-0.4, -0.2) is 7.11 Å². The van der Waals surface area contributed by atoms with E-state index in [4.69, 9.17) is 4.74 Å². The molecule has 1 aromatic heterocycles. The van der Waals surface area contributed by atoms with Crippen molar-refractivity contribution in [3.8, 4) is 5.75 Å². The molecule has 72 valence electrons. The topological polar surface area (TPSA) is 9.23 Å². The van der Waals surface area contributed by atoms with Crippen LogP contribution >= 0.6 is 11.3 Å². The average molecular weight is 317 g/mol. The van der Waals surface area contributed by atoms with E-state index in [9.17, 15) is 0 Å². The zero-order valence-electron chi connectivity index (χ0n) is 7.74. The average Bonchev–Trinajstić information content (AvgIpc) is 2.71. The summed E-state index contributed by atoms with van der Waals surface area (Å²) in [5.41, 5.74) is 0. The van der Waals surface area contributed by atoms with Crippen LogP contribution in [0.4, 0.5) is 0 Å². The highest BCUT2D eigenvalue weighted by atomic mass is 127.